The summed E-state index contributed by atoms with van der Waals surface area (Å²) in [7, 11) is -3.75. The molecule has 0 radical (unpaired) electrons. The van der Waals surface area contributed by atoms with Crippen LogP contribution in [0.1, 0.15) is 18.9 Å². The number of nitrogens with one attached hydrogen (secondary N) is 2. The van der Waals surface area contributed by atoms with Crippen molar-refractivity contribution < 1.29 is 18.3 Å². The Labute approximate surface area is 125 Å². The van der Waals surface area contributed by atoms with Crippen molar-refractivity contribution in [3.63, 3.8) is 0 Å². The smallest absolute Gasteiger partial charge is 0.242 e. The minimum atomic E-state index is -3.75. The van der Waals surface area contributed by atoms with Gasteiger partial charge in [-0.3, -0.25) is 4.79 Å². The van der Waals surface area contributed by atoms with Gasteiger partial charge in [0.2, 0.25) is 15.9 Å². The number of benzene rings is 1. The first-order valence-electron chi connectivity index (χ1n) is 6.13. The molecule has 110 valence electrons. The van der Waals surface area contributed by atoms with E-state index >= 15 is 0 Å². The van der Waals surface area contributed by atoms with Gasteiger partial charge in [-0.25, -0.2) is 13.1 Å². The number of aliphatic hydroxyl groups is 1. The summed E-state index contributed by atoms with van der Waals surface area (Å²) in [5, 5.41) is 11.8. The summed E-state index contributed by atoms with van der Waals surface area (Å²) >= 11 is 3.21. The van der Waals surface area contributed by atoms with Gasteiger partial charge in [-0.05, 0) is 40.0 Å². The van der Waals surface area contributed by atoms with Gasteiger partial charge in [0, 0.05) is 16.2 Å². The maximum atomic E-state index is 12.3. The summed E-state index contributed by atoms with van der Waals surface area (Å²) in [5.74, 6) is -0.156. The van der Waals surface area contributed by atoms with Gasteiger partial charge in [-0.1, -0.05) is 6.92 Å². The Morgan fingerprint density at radius 3 is 2.80 bits per heavy atom. The Hall–Kier alpha value is -0.960. The third kappa shape index (κ3) is 3.03. The van der Waals surface area contributed by atoms with Crippen LogP contribution in [-0.4, -0.2) is 32.1 Å². The first kappa shape index (κ1) is 15.4. The summed E-state index contributed by atoms with van der Waals surface area (Å²) in [4.78, 5) is 11.4. The Balaban J connectivity index is 2.38. The van der Waals surface area contributed by atoms with E-state index < -0.39 is 16.1 Å². The van der Waals surface area contributed by atoms with Crippen LogP contribution < -0.4 is 10.0 Å². The van der Waals surface area contributed by atoms with Gasteiger partial charge in [-0.15, -0.1) is 0 Å². The van der Waals surface area contributed by atoms with Crippen molar-refractivity contribution in [1.82, 2.24) is 4.72 Å². The first-order chi connectivity index (χ1) is 9.37. The molecule has 6 nitrogen and oxygen atoms in total. The molecule has 2 rings (SSSR count). The molecule has 1 aromatic rings. The highest BCUT2D eigenvalue weighted by molar-refractivity contribution is 9.10. The van der Waals surface area contributed by atoms with E-state index in [0.29, 0.717) is 22.1 Å². The van der Waals surface area contributed by atoms with Crippen LogP contribution in [0.4, 0.5) is 5.69 Å². The maximum Gasteiger partial charge on any atom is 0.242 e. The van der Waals surface area contributed by atoms with Crippen LogP contribution in [0.2, 0.25) is 0 Å². The minimum absolute atomic E-state index is 0.0691. The van der Waals surface area contributed by atoms with Gasteiger partial charge < -0.3 is 10.4 Å². The zero-order valence-electron chi connectivity index (χ0n) is 10.8. The summed E-state index contributed by atoms with van der Waals surface area (Å²) in [6.07, 6.45) is 0.653. The average molecular weight is 363 g/mol. The number of fused-ring (bicyclic) bond motifs is 1. The van der Waals surface area contributed by atoms with E-state index in [1.165, 1.54) is 6.07 Å². The topological polar surface area (TPSA) is 95.5 Å². The predicted molar refractivity (Wildman–Crippen MR) is 78.0 cm³/mol. The average Bonchev–Trinajstić information content (AvgIpc) is 2.74. The molecule has 0 aliphatic carbocycles. The van der Waals surface area contributed by atoms with Crippen molar-refractivity contribution >= 4 is 37.5 Å². The molecule has 0 unspecified atom stereocenters. The van der Waals surface area contributed by atoms with Crippen LogP contribution in [-0.2, 0) is 21.2 Å². The molecule has 0 bridgehead atoms. The highest BCUT2D eigenvalue weighted by atomic mass is 79.9. The van der Waals surface area contributed by atoms with E-state index in [9.17, 15) is 13.2 Å². The number of hydrogen-bond donors (Lipinski definition) is 3. The lowest BCUT2D eigenvalue weighted by molar-refractivity contribution is -0.115. The Morgan fingerprint density at radius 1 is 1.50 bits per heavy atom. The van der Waals surface area contributed by atoms with Gasteiger partial charge in [0.15, 0.2) is 0 Å². The number of rotatable bonds is 5. The lowest BCUT2D eigenvalue weighted by atomic mass is 10.2. The van der Waals surface area contributed by atoms with E-state index in [-0.39, 0.29) is 23.8 Å². The third-order valence-electron chi connectivity index (χ3n) is 3.11. The normalized spacial score (nSPS) is 15.8. The predicted octanol–water partition coefficient (Wildman–Crippen LogP) is 0.993. The molecule has 1 aliphatic rings. The van der Waals surface area contributed by atoms with E-state index in [0.717, 1.165) is 0 Å². The molecule has 0 saturated carbocycles. The van der Waals surface area contributed by atoms with E-state index in [2.05, 4.69) is 26.0 Å². The number of halogens is 1. The zero-order chi connectivity index (χ0) is 14.9. The van der Waals surface area contributed by atoms with Gasteiger partial charge in [0.25, 0.3) is 0 Å². The van der Waals surface area contributed by atoms with Crippen molar-refractivity contribution in [3.05, 3.63) is 22.2 Å². The quantitative estimate of drug-likeness (QED) is 0.727. The first-order valence-corrected chi connectivity index (χ1v) is 8.40. The van der Waals surface area contributed by atoms with Crippen molar-refractivity contribution in [2.75, 3.05) is 11.9 Å². The number of carbonyl (C=O) groups excluding carboxylic acids is 1. The van der Waals surface area contributed by atoms with Crippen molar-refractivity contribution in [2.24, 2.45) is 0 Å². The SMILES string of the molecule is CC[C@H](CO)NS(=O)(=O)c1cc2c(cc1Br)NC(=O)C2. The van der Waals surface area contributed by atoms with Crippen LogP contribution >= 0.6 is 15.9 Å². The number of sulfonamides is 1. The van der Waals surface area contributed by atoms with Crippen molar-refractivity contribution in [2.45, 2.75) is 30.7 Å². The molecule has 0 saturated heterocycles. The molecule has 0 aromatic heterocycles. The molecule has 1 aromatic carbocycles. The van der Waals surface area contributed by atoms with Crippen LogP contribution in [0.25, 0.3) is 0 Å². The largest absolute Gasteiger partial charge is 0.395 e. The molecule has 1 amide bonds. The highest BCUT2D eigenvalue weighted by Crippen LogP contribution is 2.32. The van der Waals surface area contributed by atoms with Crippen LogP contribution in [0.3, 0.4) is 0 Å². The molecular weight excluding hydrogens is 348 g/mol. The molecule has 0 spiro atoms. The van der Waals surface area contributed by atoms with Crippen LogP contribution in [0.5, 0.6) is 0 Å². The molecule has 3 N–H and O–H groups in total. The monoisotopic (exact) mass is 362 g/mol. The Kier molecular flexibility index (Phi) is 4.48. The number of hydrogen-bond acceptors (Lipinski definition) is 4. The van der Waals surface area contributed by atoms with E-state index in [1.807, 2.05) is 0 Å². The number of aliphatic hydroxyl groups excluding tert-OH is 1. The Bertz CT molecular complexity index is 641. The second-order valence-corrected chi connectivity index (χ2v) is 7.11. The number of amides is 1. The van der Waals surface area contributed by atoms with Crippen molar-refractivity contribution in [3.8, 4) is 0 Å². The zero-order valence-corrected chi connectivity index (χ0v) is 13.2. The van der Waals surface area contributed by atoms with Gasteiger partial charge in [-0.2, -0.15) is 0 Å². The molecule has 1 atom stereocenters. The van der Waals surface area contributed by atoms with Crippen LogP contribution in [0, 0.1) is 0 Å². The fourth-order valence-electron chi connectivity index (χ4n) is 1.96. The molecule has 0 fully saturated rings. The minimum Gasteiger partial charge on any atom is -0.395 e. The maximum absolute atomic E-state index is 12.3. The second kappa shape index (κ2) is 5.80. The fourth-order valence-corrected chi connectivity index (χ4v) is 4.37. The van der Waals surface area contributed by atoms with Crippen molar-refractivity contribution in [1.29, 1.82) is 0 Å². The summed E-state index contributed by atoms with van der Waals surface area (Å²) in [6, 6.07) is 2.53. The van der Waals surface area contributed by atoms with E-state index in [4.69, 9.17) is 5.11 Å². The molecule has 1 aliphatic heterocycles. The lowest BCUT2D eigenvalue weighted by Gasteiger charge is -2.16. The van der Waals surface area contributed by atoms with Gasteiger partial charge in [0.05, 0.1) is 17.9 Å². The van der Waals surface area contributed by atoms with E-state index in [1.54, 1.807) is 13.0 Å². The molecule has 20 heavy (non-hydrogen) atoms. The fraction of sp³-hybridized carbons (Fsp3) is 0.417. The molecular formula is C12H15BrN2O4S. The van der Waals surface area contributed by atoms with Gasteiger partial charge in [0.1, 0.15) is 0 Å². The number of carbonyl (C=O) groups is 1. The highest BCUT2D eigenvalue weighted by Gasteiger charge is 2.26. The second-order valence-electron chi connectivity index (χ2n) is 4.57. The standard InChI is InChI=1S/C12H15BrN2O4S/c1-2-8(6-16)15-20(18,19)11-3-7-4-12(17)14-10(7)5-9(11)13/h3,5,8,15-16H,2,4,6H2,1H3,(H,14,17)/t8-/m1/s1. The summed E-state index contributed by atoms with van der Waals surface area (Å²) < 4.78 is 27.4. The third-order valence-corrected chi connectivity index (χ3v) is 5.59. The summed E-state index contributed by atoms with van der Waals surface area (Å²) in [5.41, 5.74) is 1.27. The van der Waals surface area contributed by atoms with Crippen LogP contribution in [0.15, 0.2) is 21.5 Å². The summed E-state index contributed by atoms with van der Waals surface area (Å²) in [6.45, 7) is 1.52. The molecule has 1 heterocycles. The lowest BCUT2D eigenvalue weighted by Crippen LogP contribution is -2.37. The van der Waals surface area contributed by atoms with Gasteiger partial charge >= 0.3 is 0 Å². The number of anilines is 1. The molecule has 8 heteroatoms. The Morgan fingerprint density at radius 2 is 2.20 bits per heavy atom.